The van der Waals surface area contributed by atoms with E-state index in [1.54, 1.807) is 30.3 Å². The first-order valence-corrected chi connectivity index (χ1v) is 14.3. The van der Waals surface area contributed by atoms with Crippen molar-refractivity contribution in [3.8, 4) is 0 Å². The van der Waals surface area contributed by atoms with Gasteiger partial charge >= 0.3 is 11.9 Å². The Balaban J connectivity index is 1.65. The van der Waals surface area contributed by atoms with Crippen LogP contribution in [-0.2, 0) is 25.4 Å². The van der Waals surface area contributed by atoms with E-state index in [4.69, 9.17) is 4.42 Å². The number of carbonyl (C=O) groups is 3. The van der Waals surface area contributed by atoms with Crippen molar-refractivity contribution >= 4 is 33.7 Å². The smallest absolute Gasteiger partial charge is 0.433 e. The third-order valence-electron chi connectivity index (χ3n) is 7.10. The molecule has 0 spiro atoms. The lowest BCUT2D eigenvalue weighted by Gasteiger charge is -2.33. The van der Waals surface area contributed by atoms with E-state index >= 15 is 0 Å². The molecule has 2 aliphatic rings. The molecule has 1 saturated carbocycles. The van der Waals surface area contributed by atoms with Crippen LogP contribution in [-0.4, -0.2) is 70.7 Å². The molecule has 0 radical (unpaired) electrons. The highest BCUT2D eigenvalue weighted by Crippen LogP contribution is 2.30. The van der Waals surface area contributed by atoms with Gasteiger partial charge in [0.2, 0.25) is 10.0 Å². The Morgan fingerprint density at radius 3 is 2.38 bits per heavy atom. The number of carboxylic acids is 1. The number of rotatable bonds is 10. The number of nitro groups is 1. The Morgan fingerprint density at radius 2 is 1.77 bits per heavy atom. The van der Waals surface area contributed by atoms with Gasteiger partial charge in [0.15, 0.2) is 11.9 Å². The number of amides is 2. The lowest BCUT2D eigenvalue weighted by Crippen LogP contribution is -2.57. The Kier molecular flexibility index (Phi) is 8.65. The fraction of sp³-hybridized carbons (Fsp3) is 0.480. The number of benzene rings is 1. The SMILES string of the molecule is O=C(O)CC(NC(=O)C1N(C(=O)c2ccc([N+](=O)[O-])o2)CCN1S(=O)(=O)Cc1ccccc1)C1CCCCC1. The van der Waals surface area contributed by atoms with Crippen LogP contribution in [0.5, 0.6) is 0 Å². The zero-order valence-electron chi connectivity index (χ0n) is 21.1. The van der Waals surface area contributed by atoms with Gasteiger partial charge in [-0.15, -0.1) is 0 Å². The van der Waals surface area contributed by atoms with Crippen molar-refractivity contribution in [1.29, 1.82) is 0 Å². The van der Waals surface area contributed by atoms with Gasteiger partial charge in [0, 0.05) is 19.1 Å². The predicted molar refractivity (Wildman–Crippen MR) is 137 cm³/mol. The fourth-order valence-electron chi connectivity index (χ4n) is 5.25. The fourth-order valence-corrected chi connectivity index (χ4v) is 6.90. The number of furan rings is 1. The maximum atomic E-state index is 13.7. The maximum absolute atomic E-state index is 13.7. The molecule has 210 valence electrons. The molecule has 13 nitrogen and oxygen atoms in total. The van der Waals surface area contributed by atoms with Crippen LogP contribution < -0.4 is 5.32 Å². The topological polar surface area (TPSA) is 180 Å². The lowest BCUT2D eigenvalue weighted by molar-refractivity contribution is -0.402. The summed E-state index contributed by atoms with van der Waals surface area (Å²) in [6, 6.07) is 9.67. The molecular formula is C25H30N4O9S. The van der Waals surface area contributed by atoms with Gasteiger partial charge in [-0.25, -0.2) is 8.42 Å². The second-order valence-electron chi connectivity index (χ2n) is 9.73. The molecule has 1 saturated heterocycles. The van der Waals surface area contributed by atoms with Crippen molar-refractivity contribution in [2.75, 3.05) is 13.1 Å². The molecule has 1 aliphatic carbocycles. The van der Waals surface area contributed by atoms with Crippen LogP contribution in [0.1, 0.15) is 54.6 Å². The van der Waals surface area contributed by atoms with Crippen LogP contribution in [0.3, 0.4) is 0 Å². The molecule has 2 N–H and O–H groups in total. The van der Waals surface area contributed by atoms with Gasteiger partial charge in [0.1, 0.15) is 4.92 Å². The number of nitrogens with zero attached hydrogens (tertiary/aromatic N) is 3. The quantitative estimate of drug-likeness (QED) is 0.324. The third-order valence-corrected chi connectivity index (χ3v) is 8.89. The number of carboxylic acid groups (broad SMARTS) is 1. The van der Waals surface area contributed by atoms with E-state index in [1.165, 1.54) is 0 Å². The highest BCUT2D eigenvalue weighted by Gasteiger charge is 2.47. The van der Waals surface area contributed by atoms with Gasteiger partial charge in [-0.3, -0.25) is 24.5 Å². The first-order chi connectivity index (χ1) is 18.6. The third kappa shape index (κ3) is 6.63. The van der Waals surface area contributed by atoms with Crippen molar-refractivity contribution in [1.82, 2.24) is 14.5 Å². The van der Waals surface area contributed by atoms with Crippen molar-refractivity contribution in [2.45, 2.75) is 56.5 Å². The average molecular weight is 563 g/mol. The Hall–Kier alpha value is -3.78. The van der Waals surface area contributed by atoms with Crippen LogP contribution in [0.2, 0.25) is 0 Å². The van der Waals surface area contributed by atoms with Gasteiger partial charge in [-0.2, -0.15) is 4.31 Å². The van der Waals surface area contributed by atoms with Crippen LogP contribution >= 0.6 is 0 Å². The zero-order chi connectivity index (χ0) is 28.2. The summed E-state index contributed by atoms with van der Waals surface area (Å²) in [6.45, 7) is -0.374. The summed E-state index contributed by atoms with van der Waals surface area (Å²) in [5.41, 5.74) is 0.481. The van der Waals surface area contributed by atoms with Crippen LogP contribution in [0.25, 0.3) is 0 Å². The number of hydrogen-bond donors (Lipinski definition) is 2. The number of carbonyl (C=O) groups excluding carboxylic acids is 2. The molecule has 2 unspecified atom stereocenters. The van der Waals surface area contributed by atoms with E-state index in [0.717, 1.165) is 53.4 Å². The van der Waals surface area contributed by atoms with Gasteiger partial charge in [0.05, 0.1) is 18.2 Å². The summed E-state index contributed by atoms with van der Waals surface area (Å²) in [5, 5.41) is 23.2. The predicted octanol–water partition coefficient (Wildman–Crippen LogP) is 2.34. The van der Waals surface area contributed by atoms with Crippen molar-refractivity contribution in [2.24, 2.45) is 5.92 Å². The van der Waals surface area contributed by atoms with Crippen molar-refractivity contribution in [3.63, 3.8) is 0 Å². The standard InChI is InChI=1S/C25H30N4O9S/c30-22(31)15-19(18-9-5-2-6-10-18)26-23(32)24-27(25(33)20-11-12-21(38-20)29(34)35)13-14-28(24)39(36,37)16-17-7-3-1-4-8-17/h1,3-4,7-8,11-12,18-19,24H,2,5-6,9-10,13-16H2,(H,26,32)(H,30,31). The maximum Gasteiger partial charge on any atom is 0.433 e. The summed E-state index contributed by atoms with van der Waals surface area (Å²) in [6.07, 6.45) is 2.25. The van der Waals surface area contributed by atoms with Gasteiger partial charge in [-0.1, -0.05) is 49.6 Å². The molecule has 2 fully saturated rings. The summed E-state index contributed by atoms with van der Waals surface area (Å²) in [4.78, 5) is 49.8. The summed E-state index contributed by atoms with van der Waals surface area (Å²) in [5.74, 6) is -4.47. The average Bonchev–Trinajstić information content (AvgIpc) is 3.57. The largest absolute Gasteiger partial charge is 0.481 e. The molecule has 39 heavy (non-hydrogen) atoms. The second kappa shape index (κ2) is 11.9. The number of sulfonamides is 1. The highest BCUT2D eigenvalue weighted by atomic mass is 32.2. The molecule has 2 atom stereocenters. The molecule has 0 bridgehead atoms. The number of aliphatic carboxylic acids is 1. The molecule has 1 aliphatic heterocycles. The van der Waals surface area contributed by atoms with Crippen LogP contribution in [0.4, 0.5) is 5.88 Å². The second-order valence-corrected chi connectivity index (χ2v) is 11.7. The van der Waals surface area contributed by atoms with Crippen molar-refractivity contribution in [3.05, 3.63) is 63.9 Å². The molecule has 4 rings (SSSR count). The van der Waals surface area contributed by atoms with Crippen LogP contribution in [0.15, 0.2) is 46.9 Å². The number of hydrogen-bond acceptors (Lipinski definition) is 8. The molecule has 2 amide bonds. The van der Waals surface area contributed by atoms with Crippen molar-refractivity contribution < 1.29 is 37.2 Å². The lowest BCUT2D eigenvalue weighted by atomic mass is 9.82. The molecule has 14 heteroatoms. The molecule has 2 heterocycles. The van der Waals surface area contributed by atoms with Crippen LogP contribution in [0, 0.1) is 16.0 Å². The Morgan fingerprint density at radius 1 is 1.08 bits per heavy atom. The zero-order valence-corrected chi connectivity index (χ0v) is 21.9. The highest BCUT2D eigenvalue weighted by molar-refractivity contribution is 7.88. The minimum Gasteiger partial charge on any atom is -0.481 e. The van der Waals surface area contributed by atoms with Gasteiger partial charge < -0.3 is 19.7 Å². The summed E-state index contributed by atoms with van der Waals surface area (Å²) in [7, 11) is -4.12. The van der Waals surface area contributed by atoms with Gasteiger partial charge in [-0.05, 0) is 30.4 Å². The first kappa shape index (κ1) is 28.2. The molecule has 1 aromatic carbocycles. The first-order valence-electron chi connectivity index (χ1n) is 12.7. The summed E-state index contributed by atoms with van der Waals surface area (Å²) < 4.78 is 32.9. The Labute approximate surface area is 225 Å². The van der Waals surface area contributed by atoms with E-state index in [0.29, 0.717) is 5.56 Å². The Bertz CT molecular complexity index is 1320. The van der Waals surface area contributed by atoms with E-state index < -0.39 is 62.3 Å². The van der Waals surface area contributed by atoms with E-state index in [-0.39, 0.29) is 25.4 Å². The monoisotopic (exact) mass is 562 g/mol. The number of nitrogens with one attached hydrogen (secondary N) is 1. The van der Waals surface area contributed by atoms with E-state index in [2.05, 4.69) is 5.32 Å². The summed E-state index contributed by atoms with van der Waals surface area (Å²) >= 11 is 0. The minimum absolute atomic E-state index is 0.105. The molecular weight excluding hydrogens is 532 g/mol. The van der Waals surface area contributed by atoms with Gasteiger partial charge in [0.25, 0.3) is 11.8 Å². The normalized spacial score (nSPS) is 19.5. The molecule has 2 aromatic rings. The van der Waals surface area contributed by atoms with E-state index in [9.17, 15) is 38.0 Å². The molecule has 1 aromatic heterocycles. The van der Waals surface area contributed by atoms with E-state index in [1.807, 2.05) is 0 Å². The minimum atomic E-state index is -4.12.